The summed E-state index contributed by atoms with van der Waals surface area (Å²) in [7, 11) is 1.20. The molecular weight excluding hydrogens is 171 g/mol. The average Bonchev–Trinajstić information content (AvgIpc) is 1.79. The molecule has 0 fully saturated rings. The van der Waals surface area contributed by atoms with Crippen LogP contribution in [0.4, 0.5) is 0 Å². The molecule has 0 saturated heterocycles. The van der Waals surface area contributed by atoms with Gasteiger partial charge in [0.25, 0.3) is 0 Å². The summed E-state index contributed by atoms with van der Waals surface area (Å²) in [6.07, 6.45) is 1.21. The normalized spacial score (nSPS) is 14.3. The molecule has 14 heavy (non-hydrogen) atoms. The van der Waals surface area contributed by atoms with Gasteiger partial charge in [0.2, 0.25) is 0 Å². The van der Waals surface area contributed by atoms with E-state index in [0.29, 0.717) is 0 Å². The Morgan fingerprint density at radius 3 is 1.64 bits per heavy atom. The second kappa shape index (κ2) is 4.26. The molecule has 0 aromatic carbocycles. The van der Waals surface area contributed by atoms with Crippen molar-refractivity contribution in [3.63, 3.8) is 0 Å². The zero-order valence-electron chi connectivity index (χ0n) is 11.3. The monoisotopic (exact) mass is 198 g/mol. The second-order valence-corrected chi connectivity index (χ2v) is 6.36. The molecule has 84 valence electrons. The molecule has 1 nitrogen and oxygen atoms in total. The third-order valence-electron chi connectivity index (χ3n) is 3.07. The Morgan fingerprint density at radius 1 is 0.929 bits per heavy atom. The first-order valence-electron chi connectivity index (χ1n) is 5.72. The molecule has 0 bridgehead atoms. The lowest BCUT2D eigenvalue weighted by molar-refractivity contribution is -0.130. The van der Waals surface area contributed by atoms with E-state index in [1.165, 1.54) is 13.6 Å². The lowest BCUT2D eigenvalue weighted by Crippen LogP contribution is -2.45. The highest BCUT2D eigenvalue weighted by Crippen LogP contribution is 2.42. The van der Waals surface area contributed by atoms with E-state index in [-0.39, 0.29) is 16.5 Å². The largest absolute Gasteiger partial charge is 0.370 e. The highest BCUT2D eigenvalue weighted by molar-refractivity contribution is 6.40. The van der Waals surface area contributed by atoms with Gasteiger partial charge in [-0.1, -0.05) is 27.1 Å². The Kier molecular flexibility index (Phi) is 4.27. The van der Waals surface area contributed by atoms with Gasteiger partial charge in [-0.15, -0.1) is 0 Å². The van der Waals surface area contributed by atoms with Gasteiger partial charge in [-0.05, 0) is 39.9 Å². The Bertz CT molecular complexity index is 177. The third kappa shape index (κ3) is 4.04. The number of hydrogen-bond acceptors (Lipinski definition) is 1. The first kappa shape index (κ1) is 14.0. The molecule has 0 unspecified atom stereocenters. The van der Waals surface area contributed by atoms with Crippen LogP contribution < -0.4 is 0 Å². The van der Waals surface area contributed by atoms with Gasteiger partial charge in [-0.3, -0.25) is 0 Å². The van der Waals surface area contributed by atoms with Gasteiger partial charge in [-0.2, -0.15) is 0 Å². The molecule has 0 aromatic heterocycles. The van der Waals surface area contributed by atoms with Crippen LogP contribution >= 0.6 is 0 Å². The predicted octanol–water partition coefficient (Wildman–Crippen LogP) is 3.65. The van der Waals surface area contributed by atoms with E-state index < -0.39 is 0 Å². The van der Waals surface area contributed by atoms with Crippen molar-refractivity contribution in [1.82, 2.24) is 0 Å². The predicted molar refractivity (Wildman–Crippen MR) is 66.6 cm³/mol. The summed E-state index contributed by atoms with van der Waals surface area (Å²) in [6.45, 7) is 17.6. The minimum atomic E-state index is -0.0682. The SMILES string of the molecule is CCBC(C)(C)C(C)(C)OC(C)(C)C. The second-order valence-electron chi connectivity index (χ2n) is 6.36. The van der Waals surface area contributed by atoms with Crippen molar-refractivity contribution in [3.8, 4) is 0 Å². The van der Waals surface area contributed by atoms with E-state index in [1.807, 2.05) is 0 Å². The van der Waals surface area contributed by atoms with E-state index in [9.17, 15) is 0 Å². The Morgan fingerprint density at radius 2 is 1.36 bits per heavy atom. The highest BCUT2D eigenvalue weighted by atomic mass is 16.5. The lowest BCUT2D eigenvalue weighted by atomic mass is 9.47. The van der Waals surface area contributed by atoms with Gasteiger partial charge in [-0.25, -0.2) is 0 Å². The van der Waals surface area contributed by atoms with E-state index >= 15 is 0 Å². The lowest BCUT2D eigenvalue weighted by Gasteiger charge is -2.45. The van der Waals surface area contributed by atoms with Crippen LogP contribution in [0.2, 0.25) is 11.6 Å². The summed E-state index contributed by atoms with van der Waals surface area (Å²) in [5.41, 5.74) is -0.129. The van der Waals surface area contributed by atoms with E-state index in [4.69, 9.17) is 4.74 Å². The molecule has 0 aliphatic carbocycles. The zero-order valence-corrected chi connectivity index (χ0v) is 11.3. The van der Waals surface area contributed by atoms with Crippen LogP contribution in [0.1, 0.15) is 55.4 Å². The topological polar surface area (TPSA) is 9.23 Å². The van der Waals surface area contributed by atoms with E-state index in [0.717, 1.165) is 0 Å². The Hall–Kier alpha value is 0.0249. The summed E-state index contributed by atoms with van der Waals surface area (Å²) in [5.74, 6) is 0. The molecule has 2 heteroatoms. The van der Waals surface area contributed by atoms with Crippen LogP contribution in [-0.4, -0.2) is 18.5 Å². The molecule has 0 spiro atoms. The van der Waals surface area contributed by atoms with E-state index in [1.54, 1.807) is 0 Å². The summed E-state index contributed by atoms with van der Waals surface area (Å²) in [5, 5.41) is 0.231. The maximum Gasteiger partial charge on any atom is 0.130 e. The number of hydrogen-bond donors (Lipinski definition) is 0. The van der Waals surface area contributed by atoms with Crippen molar-refractivity contribution in [1.29, 1.82) is 0 Å². The van der Waals surface area contributed by atoms with Gasteiger partial charge in [0, 0.05) is 0 Å². The Balaban J connectivity index is 4.59. The highest BCUT2D eigenvalue weighted by Gasteiger charge is 2.40. The third-order valence-corrected chi connectivity index (χ3v) is 3.07. The van der Waals surface area contributed by atoms with Crippen LogP contribution in [0.25, 0.3) is 0 Å². The first-order chi connectivity index (χ1) is 6.02. The van der Waals surface area contributed by atoms with Crippen LogP contribution in [0.5, 0.6) is 0 Å². The van der Waals surface area contributed by atoms with Crippen LogP contribution in [-0.2, 0) is 4.74 Å². The van der Waals surface area contributed by atoms with Crippen molar-refractivity contribution < 1.29 is 4.74 Å². The van der Waals surface area contributed by atoms with Crippen molar-refractivity contribution in [2.24, 2.45) is 0 Å². The molecule has 0 rings (SSSR count). The molecule has 0 atom stereocenters. The smallest absolute Gasteiger partial charge is 0.130 e. The van der Waals surface area contributed by atoms with Gasteiger partial charge >= 0.3 is 0 Å². The van der Waals surface area contributed by atoms with Gasteiger partial charge in [0.15, 0.2) is 0 Å². The number of ether oxygens (including phenoxy) is 1. The van der Waals surface area contributed by atoms with Crippen molar-refractivity contribution in [2.45, 2.75) is 78.2 Å². The molecule has 0 aromatic rings. The van der Waals surface area contributed by atoms with Crippen molar-refractivity contribution >= 4 is 7.28 Å². The Labute approximate surface area is 90.9 Å². The minimum Gasteiger partial charge on any atom is -0.370 e. The van der Waals surface area contributed by atoms with Crippen LogP contribution in [0, 0.1) is 0 Å². The average molecular weight is 198 g/mol. The fourth-order valence-corrected chi connectivity index (χ4v) is 1.83. The molecular formula is C12H27BO. The molecule has 0 N–H and O–H groups in total. The summed E-state index contributed by atoms with van der Waals surface area (Å²) < 4.78 is 6.14. The molecule has 0 aliphatic rings. The fraction of sp³-hybridized carbons (Fsp3) is 1.00. The van der Waals surface area contributed by atoms with Crippen molar-refractivity contribution in [3.05, 3.63) is 0 Å². The summed E-state index contributed by atoms with van der Waals surface area (Å²) in [4.78, 5) is 0. The quantitative estimate of drug-likeness (QED) is 0.626. The molecule has 0 aliphatic heterocycles. The zero-order chi connectivity index (χ0) is 11.6. The van der Waals surface area contributed by atoms with Crippen molar-refractivity contribution in [2.75, 3.05) is 0 Å². The van der Waals surface area contributed by atoms with Crippen LogP contribution in [0.3, 0.4) is 0 Å². The number of rotatable bonds is 4. The van der Waals surface area contributed by atoms with E-state index in [2.05, 4.69) is 55.4 Å². The van der Waals surface area contributed by atoms with Gasteiger partial charge in [0.05, 0.1) is 11.2 Å². The molecule has 0 amide bonds. The standard InChI is InChI=1S/C12H27BO/c1-9-13-11(5,6)12(7,8)14-10(2,3)4/h13H,9H2,1-8H3. The minimum absolute atomic E-state index is 0.0610. The summed E-state index contributed by atoms with van der Waals surface area (Å²) in [6, 6.07) is 0. The first-order valence-corrected chi connectivity index (χ1v) is 5.72. The maximum atomic E-state index is 6.14. The molecule has 0 heterocycles. The van der Waals surface area contributed by atoms with Crippen LogP contribution in [0.15, 0.2) is 0 Å². The van der Waals surface area contributed by atoms with Gasteiger partial charge < -0.3 is 4.74 Å². The van der Waals surface area contributed by atoms with Gasteiger partial charge in [0.1, 0.15) is 7.28 Å². The molecule has 0 radical (unpaired) electrons. The summed E-state index contributed by atoms with van der Waals surface area (Å²) >= 11 is 0. The fourth-order valence-electron chi connectivity index (χ4n) is 1.83. The maximum absolute atomic E-state index is 6.14. The molecule has 0 saturated carbocycles.